The summed E-state index contributed by atoms with van der Waals surface area (Å²) >= 11 is 0. The van der Waals surface area contributed by atoms with Gasteiger partial charge in [-0.15, -0.1) is 0 Å². The highest BCUT2D eigenvalue weighted by Gasteiger charge is 2.20. The summed E-state index contributed by atoms with van der Waals surface area (Å²) in [5.74, 6) is 0.671. The van der Waals surface area contributed by atoms with Crippen molar-refractivity contribution < 1.29 is 8.42 Å². The van der Waals surface area contributed by atoms with Crippen LogP contribution in [0, 0.1) is 0 Å². The first-order valence-electron chi connectivity index (χ1n) is 7.76. The smallest absolute Gasteiger partial charge is 0.213 e. The van der Waals surface area contributed by atoms with Crippen molar-refractivity contribution in [1.29, 1.82) is 0 Å². The first-order valence-corrected chi connectivity index (χ1v) is 9.41. The maximum Gasteiger partial charge on any atom is 0.213 e. The van der Waals surface area contributed by atoms with E-state index in [0.29, 0.717) is 12.5 Å². The molecule has 4 nitrogen and oxygen atoms in total. The number of sulfonamides is 1. The SMILES string of the molecule is CC(C)c1ccc(CNS(=O)(=O)CC2CCCCN2)cc1. The molecule has 0 radical (unpaired) electrons. The first-order chi connectivity index (χ1) is 9.96. The Bertz CT molecular complexity index is 532. The second-order valence-corrected chi connectivity index (χ2v) is 8.00. The van der Waals surface area contributed by atoms with Crippen LogP contribution in [0.5, 0.6) is 0 Å². The van der Waals surface area contributed by atoms with E-state index in [1.54, 1.807) is 0 Å². The second kappa shape index (κ2) is 7.38. The first kappa shape index (κ1) is 16.5. The van der Waals surface area contributed by atoms with Gasteiger partial charge in [-0.05, 0) is 36.4 Å². The van der Waals surface area contributed by atoms with Gasteiger partial charge in [0.05, 0.1) is 5.75 Å². The molecule has 5 heteroatoms. The lowest BCUT2D eigenvalue weighted by Gasteiger charge is -2.23. The summed E-state index contributed by atoms with van der Waals surface area (Å²) in [6.07, 6.45) is 3.21. The number of nitrogens with one attached hydrogen (secondary N) is 2. The van der Waals surface area contributed by atoms with E-state index in [2.05, 4.69) is 36.0 Å². The zero-order chi connectivity index (χ0) is 15.3. The molecule has 1 aliphatic heterocycles. The lowest BCUT2D eigenvalue weighted by Crippen LogP contribution is -2.42. The van der Waals surface area contributed by atoms with Crippen LogP contribution in [0.1, 0.15) is 50.2 Å². The van der Waals surface area contributed by atoms with Gasteiger partial charge in [-0.3, -0.25) is 0 Å². The summed E-state index contributed by atoms with van der Waals surface area (Å²) in [6.45, 7) is 5.59. The zero-order valence-electron chi connectivity index (χ0n) is 12.9. The number of piperidine rings is 1. The predicted octanol–water partition coefficient (Wildman–Crippen LogP) is 2.37. The molecule has 1 heterocycles. The van der Waals surface area contributed by atoms with Crippen LogP contribution >= 0.6 is 0 Å². The number of hydrogen-bond donors (Lipinski definition) is 2. The van der Waals surface area contributed by atoms with Gasteiger partial charge >= 0.3 is 0 Å². The van der Waals surface area contributed by atoms with Gasteiger partial charge in [-0.2, -0.15) is 0 Å². The highest BCUT2D eigenvalue weighted by Crippen LogP contribution is 2.15. The average molecular weight is 310 g/mol. The summed E-state index contributed by atoms with van der Waals surface area (Å²) in [7, 11) is -3.22. The van der Waals surface area contributed by atoms with E-state index >= 15 is 0 Å². The van der Waals surface area contributed by atoms with Crippen LogP contribution in [-0.4, -0.2) is 26.8 Å². The fraction of sp³-hybridized carbons (Fsp3) is 0.625. The van der Waals surface area contributed by atoms with Crippen molar-refractivity contribution >= 4 is 10.0 Å². The van der Waals surface area contributed by atoms with Crippen LogP contribution in [-0.2, 0) is 16.6 Å². The largest absolute Gasteiger partial charge is 0.313 e. The molecule has 0 saturated carbocycles. The third kappa shape index (κ3) is 5.41. The van der Waals surface area contributed by atoms with Crippen LogP contribution in [0.3, 0.4) is 0 Å². The Hall–Kier alpha value is -0.910. The van der Waals surface area contributed by atoms with Crippen molar-refractivity contribution in [2.45, 2.75) is 51.6 Å². The van der Waals surface area contributed by atoms with Crippen LogP contribution in [0.2, 0.25) is 0 Å². The summed E-state index contributed by atoms with van der Waals surface area (Å²) in [4.78, 5) is 0. The van der Waals surface area contributed by atoms with Gasteiger partial charge in [-0.25, -0.2) is 13.1 Å². The van der Waals surface area contributed by atoms with Crippen molar-refractivity contribution in [3.8, 4) is 0 Å². The van der Waals surface area contributed by atoms with Gasteiger partial charge in [-0.1, -0.05) is 44.5 Å². The summed E-state index contributed by atoms with van der Waals surface area (Å²) in [5.41, 5.74) is 2.27. The molecule has 1 aromatic carbocycles. The van der Waals surface area contributed by atoms with Crippen molar-refractivity contribution in [3.05, 3.63) is 35.4 Å². The normalized spacial score (nSPS) is 19.9. The van der Waals surface area contributed by atoms with Gasteiger partial charge < -0.3 is 5.32 Å². The molecule has 1 atom stereocenters. The molecule has 2 rings (SSSR count). The van der Waals surface area contributed by atoms with Gasteiger partial charge in [0.25, 0.3) is 0 Å². The minimum Gasteiger partial charge on any atom is -0.313 e. The molecule has 21 heavy (non-hydrogen) atoms. The summed E-state index contributed by atoms with van der Waals surface area (Å²) < 4.78 is 26.9. The molecular weight excluding hydrogens is 284 g/mol. The van der Waals surface area contributed by atoms with Gasteiger partial charge in [0, 0.05) is 12.6 Å². The van der Waals surface area contributed by atoms with Crippen molar-refractivity contribution in [3.63, 3.8) is 0 Å². The topological polar surface area (TPSA) is 58.2 Å². The standard InChI is InChI=1S/C16H26N2O2S/c1-13(2)15-8-6-14(7-9-15)11-18-21(19,20)12-16-5-3-4-10-17-16/h6-9,13,16-18H,3-5,10-12H2,1-2H3. The maximum absolute atomic E-state index is 12.1. The molecule has 1 fully saturated rings. The summed E-state index contributed by atoms with van der Waals surface area (Å²) in [6, 6.07) is 8.22. The molecule has 2 N–H and O–H groups in total. The van der Waals surface area contributed by atoms with E-state index in [0.717, 1.165) is 31.4 Å². The Labute approximate surface area is 128 Å². The van der Waals surface area contributed by atoms with Crippen molar-refractivity contribution in [2.24, 2.45) is 0 Å². The van der Waals surface area contributed by atoms with Crippen LogP contribution in [0.4, 0.5) is 0 Å². The molecule has 1 aliphatic rings. The monoisotopic (exact) mass is 310 g/mol. The number of hydrogen-bond acceptors (Lipinski definition) is 3. The molecule has 1 saturated heterocycles. The molecule has 1 unspecified atom stereocenters. The second-order valence-electron chi connectivity index (χ2n) is 6.15. The van der Waals surface area contributed by atoms with E-state index in [4.69, 9.17) is 0 Å². The van der Waals surface area contributed by atoms with Gasteiger partial charge in [0.15, 0.2) is 0 Å². The third-order valence-electron chi connectivity index (χ3n) is 3.98. The summed E-state index contributed by atoms with van der Waals surface area (Å²) in [5, 5.41) is 3.27. The molecule has 118 valence electrons. The molecule has 1 aromatic rings. The fourth-order valence-corrected chi connectivity index (χ4v) is 3.92. The lowest BCUT2D eigenvalue weighted by atomic mass is 10.0. The minimum absolute atomic E-state index is 0.0968. The molecule has 0 bridgehead atoms. The minimum atomic E-state index is -3.22. The number of rotatable bonds is 6. The van der Waals surface area contributed by atoms with Gasteiger partial charge in [0.1, 0.15) is 0 Å². The van der Waals surface area contributed by atoms with Crippen LogP contribution in [0.15, 0.2) is 24.3 Å². The van der Waals surface area contributed by atoms with Crippen molar-refractivity contribution in [2.75, 3.05) is 12.3 Å². The molecular formula is C16H26N2O2S. The van der Waals surface area contributed by atoms with E-state index in [-0.39, 0.29) is 11.8 Å². The quantitative estimate of drug-likeness (QED) is 0.848. The number of benzene rings is 1. The maximum atomic E-state index is 12.1. The van der Waals surface area contributed by atoms with Crippen LogP contribution in [0.25, 0.3) is 0 Å². The Morgan fingerprint density at radius 2 is 1.95 bits per heavy atom. The molecule has 0 spiro atoms. The fourth-order valence-electron chi connectivity index (χ4n) is 2.60. The van der Waals surface area contributed by atoms with Crippen molar-refractivity contribution in [1.82, 2.24) is 10.0 Å². The Morgan fingerprint density at radius 1 is 1.24 bits per heavy atom. The average Bonchev–Trinajstić information content (AvgIpc) is 2.46. The van der Waals surface area contributed by atoms with Gasteiger partial charge in [0.2, 0.25) is 10.0 Å². The Morgan fingerprint density at radius 3 is 2.52 bits per heavy atom. The highest BCUT2D eigenvalue weighted by molar-refractivity contribution is 7.89. The van der Waals surface area contributed by atoms with E-state index < -0.39 is 10.0 Å². The van der Waals surface area contributed by atoms with E-state index in [1.807, 2.05) is 12.1 Å². The Balaban J connectivity index is 1.85. The molecule has 0 aliphatic carbocycles. The van der Waals surface area contributed by atoms with E-state index in [1.165, 1.54) is 5.56 Å². The van der Waals surface area contributed by atoms with Crippen LogP contribution < -0.4 is 10.0 Å². The lowest BCUT2D eigenvalue weighted by molar-refractivity contribution is 0.422. The highest BCUT2D eigenvalue weighted by atomic mass is 32.2. The molecule has 0 amide bonds. The Kier molecular flexibility index (Phi) is 5.79. The zero-order valence-corrected chi connectivity index (χ0v) is 13.7. The predicted molar refractivity (Wildman–Crippen MR) is 86.8 cm³/mol. The third-order valence-corrected chi connectivity index (χ3v) is 5.40. The van der Waals surface area contributed by atoms with E-state index in [9.17, 15) is 8.42 Å². The molecule has 0 aromatic heterocycles.